The van der Waals surface area contributed by atoms with Gasteiger partial charge in [-0.1, -0.05) is 39.8 Å². The fraction of sp³-hybridized carbons (Fsp3) is 0.176. The van der Waals surface area contributed by atoms with E-state index < -0.39 is 0 Å². The molecule has 0 saturated carbocycles. The first-order valence-corrected chi connectivity index (χ1v) is 9.47. The summed E-state index contributed by atoms with van der Waals surface area (Å²) in [5.74, 6) is 2.06. The van der Waals surface area contributed by atoms with Gasteiger partial charge in [0.15, 0.2) is 11.0 Å². The lowest BCUT2D eigenvalue weighted by Gasteiger charge is -2.04. The highest BCUT2D eigenvalue weighted by Crippen LogP contribution is 2.24. The number of carbonyl (C=O) groups is 1. The molecule has 0 aliphatic heterocycles. The van der Waals surface area contributed by atoms with Crippen LogP contribution in [0.4, 0.5) is 0 Å². The zero-order chi connectivity index (χ0) is 18.5. The summed E-state index contributed by atoms with van der Waals surface area (Å²) < 4.78 is 8.16. The Hall–Kier alpha value is -2.39. The Labute approximate surface area is 163 Å². The van der Waals surface area contributed by atoms with Gasteiger partial charge in [0, 0.05) is 17.1 Å². The molecule has 3 rings (SSSR count). The van der Waals surface area contributed by atoms with E-state index in [-0.39, 0.29) is 11.7 Å². The van der Waals surface area contributed by atoms with Crippen LogP contribution in [-0.4, -0.2) is 32.6 Å². The summed E-state index contributed by atoms with van der Waals surface area (Å²) in [6.07, 6.45) is 1.46. The van der Waals surface area contributed by atoms with E-state index in [0.29, 0.717) is 10.9 Å². The van der Waals surface area contributed by atoms with Crippen LogP contribution in [0.15, 0.2) is 55.5 Å². The number of nitrogens with one attached hydrogen (secondary N) is 1. The molecule has 0 aliphatic carbocycles. The first-order chi connectivity index (χ1) is 12.5. The van der Waals surface area contributed by atoms with Crippen LogP contribution < -0.4 is 5.43 Å². The molecule has 0 radical (unpaired) electrons. The Morgan fingerprint density at radius 1 is 1.38 bits per heavy atom. The summed E-state index contributed by atoms with van der Waals surface area (Å²) in [7, 11) is 1.87. The maximum absolute atomic E-state index is 11.9. The summed E-state index contributed by atoms with van der Waals surface area (Å²) in [6.45, 7) is 1.84. The van der Waals surface area contributed by atoms with E-state index in [1.54, 1.807) is 6.07 Å². The molecular weight excluding hydrogens is 418 g/mol. The first kappa shape index (κ1) is 18.4. The molecule has 0 spiro atoms. The highest BCUT2D eigenvalue weighted by Gasteiger charge is 2.13. The minimum Gasteiger partial charge on any atom is -0.460 e. The van der Waals surface area contributed by atoms with E-state index in [0.717, 1.165) is 21.6 Å². The molecule has 0 bridgehead atoms. The Morgan fingerprint density at radius 2 is 2.23 bits per heavy atom. The lowest BCUT2D eigenvalue weighted by atomic mass is 10.2. The zero-order valence-electron chi connectivity index (χ0n) is 14.1. The average Bonchev–Trinajstić information content (AvgIpc) is 3.19. The SMILES string of the molecule is Cc1ccc(/C=N/NC(=O)CSc2nnc(-c3cccc(Br)c3)n2C)o1. The number of nitrogens with zero attached hydrogens (tertiary/aromatic N) is 4. The number of hydrogen-bond acceptors (Lipinski definition) is 6. The van der Waals surface area contributed by atoms with Crippen LogP contribution in [0.5, 0.6) is 0 Å². The maximum Gasteiger partial charge on any atom is 0.250 e. The predicted molar refractivity (Wildman–Crippen MR) is 104 cm³/mol. The van der Waals surface area contributed by atoms with E-state index in [1.165, 1.54) is 18.0 Å². The van der Waals surface area contributed by atoms with Crippen molar-refractivity contribution in [1.29, 1.82) is 0 Å². The molecule has 7 nitrogen and oxygen atoms in total. The van der Waals surface area contributed by atoms with Crippen LogP contribution in [0.25, 0.3) is 11.4 Å². The van der Waals surface area contributed by atoms with Crippen molar-refractivity contribution in [2.75, 3.05) is 5.75 Å². The molecule has 9 heteroatoms. The van der Waals surface area contributed by atoms with Gasteiger partial charge in [0.1, 0.15) is 11.5 Å². The number of amides is 1. The van der Waals surface area contributed by atoms with E-state index in [9.17, 15) is 4.79 Å². The maximum atomic E-state index is 11.9. The van der Waals surface area contributed by atoms with Gasteiger partial charge in [-0.2, -0.15) is 5.10 Å². The molecule has 1 aromatic carbocycles. The van der Waals surface area contributed by atoms with Crippen LogP contribution in [0, 0.1) is 6.92 Å². The van der Waals surface area contributed by atoms with Gasteiger partial charge in [-0.3, -0.25) is 4.79 Å². The molecule has 0 fully saturated rings. The van der Waals surface area contributed by atoms with Crippen LogP contribution in [0.2, 0.25) is 0 Å². The van der Waals surface area contributed by atoms with Gasteiger partial charge in [-0.05, 0) is 31.2 Å². The number of furan rings is 1. The largest absolute Gasteiger partial charge is 0.460 e. The fourth-order valence-corrected chi connectivity index (χ4v) is 3.28. The molecule has 2 heterocycles. The molecular formula is C17H16BrN5O2S. The van der Waals surface area contributed by atoms with Crippen molar-refractivity contribution in [3.63, 3.8) is 0 Å². The second-order valence-electron chi connectivity index (χ2n) is 5.41. The number of hydrogen-bond donors (Lipinski definition) is 1. The summed E-state index contributed by atoms with van der Waals surface area (Å²) in [5.41, 5.74) is 3.41. The van der Waals surface area contributed by atoms with Gasteiger partial charge in [0.2, 0.25) is 0 Å². The fourth-order valence-electron chi connectivity index (χ4n) is 2.17. The summed E-state index contributed by atoms with van der Waals surface area (Å²) in [6, 6.07) is 11.4. The molecule has 26 heavy (non-hydrogen) atoms. The smallest absolute Gasteiger partial charge is 0.250 e. The van der Waals surface area contributed by atoms with Gasteiger partial charge in [-0.15, -0.1) is 10.2 Å². The van der Waals surface area contributed by atoms with Crippen LogP contribution >= 0.6 is 27.7 Å². The predicted octanol–water partition coefficient (Wildman–Crippen LogP) is 3.39. The van der Waals surface area contributed by atoms with Crippen molar-refractivity contribution in [3.05, 3.63) is 52.4 Å². The standard InChI is InChI=1S/C17H16BrN5O2S/c1-11-6-7-14(25-11)9-19-20-15(24)10-26-17-22-21-16(23(17)2)12-4-3-5-13(18)8-12/h3-9H,10H2,1-2H3,(H,20,24)/b19-9+. The van der Waals surface area contributed by atoms with Crippen LogP contribution in [-0.2, 0) is 11.8 Å². The molecule has 1 amide bonds. The number of rotatable bonds is 6. The number of hydrazone groups is 1. The van der Waals surface area contributed by atoms with Crippen molar-refractivity contribution in [1.82, 2.24) is 20.2 Å². The van der Waals surface area contributed by atoms with Gasteiger partial charge in [0.05, 0.1) is 12.0 Å². The van der Waals surface area contributed by atoms with Crippen molar-refractivity contribution in [2.24, 2.45) is 12.1 Å². The van der Waals surface area contributed by atoms with Gasteiger partial charge >= 0.3 is 0 Å². The number of carbonyl (C=O) groups excluding carboxylic acids is 1. The second-order valence-corrected chi connectivity index (χ2v) is 7.26. The summed E-state index contributed by atoms with van der Waals surface area (Å²) >= 11 is 4.74. The molecule has 134 valence electrons. The Kier molecular flexibility index (Phi) is 5.89. The number of aromatic nitrogens is 3. The van der Waals surface area contributed by atoms with Gasteiger partial charge < -0.3 is 8.98 Å². The highest BCUT2D eigenvalue weighted by atomic mass is 79.9. The lowest BCUT2D eigenvalue weighted by molar-refractivity contribution is -0.118. The summed E-state index contributed by atoms with van der Waals surface area (Å²) in [5, 5.41) is 12.9. The second kappa shape index (κ2) is 8.33. The molecule has 0 atom stereocenters. The normalized spacial score (nSPS) is 11.2. The van der Waals surface area contributed by atoms with Crippen LogP contribution in [0.3, 0.4) is 0 Å². The highest BCUT2D eigenvalue weighted by molar-refractivity contribution is 9.10. The zero-order valence-corrected chi connectivity index (χ0v) is 16.5. The number of thioether (sulfide) groups is 1. The van der Waals surface area contributed by atoms with Crippen molar-refractivity contribution >= 4 is 39.8 Å². The number of halogens is 1. The van der Waals surface area contributed by atoms with E-state index >= 15 is 0 Å². The minimum absolute atomic E-state index is 0.180. The number of benzene rings is 1. The Bertz CT molecular complexity index is 950. The third kappa shape index (κ3) is 4.61. The van der Waals surface area contributed by atoms with E-state index in [4.69, 9.17) is 4.42 Å². The minimum atomic E-state index is -0.235. The third-order valence-corrected chi connectivity index (χ3v) is 4.91. The summed E-state index contributed by atoms with van der Waals surface area (Å²) in [4.78, 5) is 11.9. The molecule has 2 aromatic heterocycles. The molecule has 0 aliphatic rings. The van der Waals surface area contributed by atoms with Crippen molar-refractivity contribution in [3.8, 4) is 11.4 Å². The molecule has 0 saturated heterocycles. The molecule has 3 aromatic rings. The average molecular weight is 434 g/mol. The van der Waals surface area contributed by atoms with E-state index in [1.807, 2.05) is 48.9 Å². The van der Waals surface area contributed by atoms with Gasteiger partial charge in [-0.25, -0.2) is 5.43 Å². The Morgan fingerprint density at radius 3 is 2.96 bits per heavy atom. The van der Waals surface area contributed by atoms with Crippen LogP contribution in [0.1, 0.15) is 11.5 Å². The Balaban J connectivity index is 1.56. The molecule has 0 unspecified atom stereocenters. The van der Waals surface area contributed by atoms with Crippen molar-refractivity contribution < 1.29 is 9.21 Å². The monoisotopic (exact) mass is 433 g/mol. The van der Waals surface area contributed by atoms with Gasteiger partial charge in [0.25, 0.3) is 5.91 Å². The lowest BCUT2D eigenvalue weighted by Crippen LogP contribution is -2.19. The molecule has 1 N–H and O–H groups in total. The third-order valence-electron chi connectivity index (χ3n) is 3.39. The quantitative estimate of drug-likeness (QED) is 0.365. The first-order valence-electron chi connectivity index (χ1n) is 7.69. The topological polar surface area (TPSA) is 85.3 Å². The van der Waals surface area contributed by atoms with E-state index in [2.05, 4.69) is 36.7 Å². The number of aryl methyl sites for hydroxylation is 1. The van der Waals surface area contributed by atoms with Crippen molar-refractivity contribution in [2.45, 2.75) is 12.1 Å².